The van der Waals surface area contributed by atoms with Gasteiger partial charge in [-0.3, -0.25) is 9.69 Å². The molecule has 0 bridgehead atoms. The number of nitrogens with one attached hydrogen (secondary N) is 1. The van der Waals surface area contributed by atoms with E-state index in [9.17, 15) is 9.59 Å². The molecule has 0 aromatic carbocycles. The Morgan fingerprint density at radius 2 is 2.11 bits per heavy atom. The van der Waals surface area contributed by atoms with Gasteiger partial charge >= 0.3 is 12.0 Å². The van der Waals surface area contributed by atoms with E-state index in [1.54, 1.807) is 11.9 Å². The number of rotatable bonds is 6. The number of likely N-dealkylation sites (tertiary alicyclic amines) is 1. The van der Waals surface area contributed by atoms with Gasteiger partial charge in [0.05, 0.1) is 0 Å². The number of carboxylic acid groups (broad SMARTS) is 1. The first-order valence-corrected chi connectivity index (χ1v) is 7.03. The predicted molar refractivity (Wildman–Crippen MR) is 71.0 cm³/mol. The van der Waals surface area contributed by atoms with Crippen LogP contribution < -0.4 is 5.32 Å². The number of carbonyl (C=O) groups is 2. The molecule has 19 heavy (non-hydrogen) atoms. The molecule has 2 amide bonds. The number of aliphatic carboxylic acids is 1. The smallest absolute Gasteiger partial charge is 0.317 e. The van der Waals surface area contributed by atoms with Gasteiger partial charge in [-0.25, -0.2) is 4.79 Å². The average molecular weight is 269 g/mol. The SMILES string of the molecule is CN(CCCC(=O)O)C(=O)NC1CCN(C2CC2)C1. The molecule has 0 radical (unpaired) electrons. The van der Waals surface area contributed by atoms with Gasteiger partial charge in [0.15, 0.2) is 0 Å². The van der Waals surface area contributed by atoms with Crippen LogP contribution in [0.4, 0.5) is 4.79 Å². The van der Waals surface area contributed by atoms with Crippen LogP contribution >= 0.6 is 0 Å². The van der Waals surface area contributed by atoms with Crippen molar-refractivity contribution < 1.29 is 14.7 Å². The van der Waals surface area contributed by atoms with Crippen molar-refractivity contribution in [3.05, 3.63) is 0 Å². The van der Waals surface area contributed by atoms with Crippen molar-refractivity contribution in [2.45, 2.75) is 44.2 Å². The number of nitrogens with zero attached hydrogens (tertiary/aromatic N) is 2. The molecule has 1 unspecified atom stereocenters. The van der Waals surface area contributed by atoms with Crippen LogP contribution in [0, 0.1) is 0 Å². The third-order valence-electron chi connectivity index (χ3n) is 3.84. The third kappa shape index (κ3) is 4.38. The molecule has 2 aliphatic rings. The summed E-state index contributed by atoms with van der Waals surface area (Å²) in [5.74, 6) is -0.815. The standard InChI is InChI=1S/C13H23N3O3/c1-15(7-2-3-12(17)18)13(19)14-10-6-8-16(9-10)11-4-5-11/h10-11H,2-9H2,1H3,(H,14,19)(H,17,18). The highest BCUT2D eigenvalue weighted by Gasteiger charge is 2.34. The lowest BCUT2D eigenvalue weighted by Gasteiger charge is -2.21. The van der Waals surface area contributed by atoms with Crippen LogP contribution in [0.2, 0.25) is 0 Å². The zero-order chi connectivity index (χ0) is 13.8. The number of hydrogen-bond acceptors (Lipinski definition) is 3. The molecule has 0 aromatic heterocycles. The molecular weight excluding hydrogens is 246 g/mol. The first-order chi connectivity index (χ1) is 9.06. The summed E-state index contributed by atoms with van der Waals surface area (Å²) in [6.45, 7) is 2.52. The van der Waals surface area contributed by atoms with E-state index in [0.717, 1.165) is 25.6 Å². The summed E-state index contributed by atoms with van der Waals surface area (Å²) in [6.07, 6.45) is 4.23. The first kappa shape index (κ1) is 14.1. The van der Waals surface area contributed by atoms with Gasteiger partial charge in [0.25, 0.3) is 0 Å². The van der Waals surface area contributed by atoms with Gasteiger partial charge in [-0.1, -0.05) is 0 Å². The highest BCUT2D eigenvalue weighted by Crippen LogP contribution is 2.29. The molecule has 2 rings (SSSR count). The van der Waals surface area contributed by atoms with Gasteiger partial charge in [0, 0.05) is 45.2 Å². The average Bonchev–Trinajstić information content (AvgIpc) is 3.10. The molecule has 1 aliphatic carbocycles. The summed E-state index contributed by atoms with van der Waals surface area (Å²) < 4.78 is 0. The van der Waals surface area contributed by atoms with E-state index in [0.29, 0.717) is 13.0 Å². The fourth-order valence-electron chi connectivity index (χ4n) is 2.53. The van der Waals surface area contributed by atoms with Crippen molar-refractivity contribution >= 4 is 12.0 Å². The van der Waals surface area contributed by atoms with E-state index in [1.807, 2.05) is 0 Å². The zero-order valence-electron chi connectivity index (χ0n) is 11.5. The highest BCUT2D eigenvalue weighted by molar-refractivity contribution is 5.74. The molecule has 1 aliphatic heterocycles. The second-order valence-corrected chi connectivity index (χ2v) is 5.58. The Bertz CT molecular complexity index is 344. The Morgan fingerprint density at radius 1 is 1.37 bits per heavy atom. The largest absolute Gasteiger partial charge is 0.481 e. The monoisotopic (exact) mass is 269 g/mol. The molecule has 6 heteroatoms. The summed E-state index contributed by atoms with van der Waals surface area (Å²) >= 11 is 0. The Kier molecular flexibility index (Phi) is 4.63. The van der Waals surface area contributed by atoms with Crippen molar-refractivity contribution in [3.8, 4) is 0 Å². The van der Waals surface area contributed by atoms with Gasteiger partial charge in [0.2, 0.25) is 0 Å². The molecule has 1 atom stereocenters. The van der Waals surface area contributed by atoms with E-state index in [1.165, 1.54) is 12.8 Å². The fourth-order valence-corrected chi connectivity index (χ4v) is 2.53. The van der Waals surface area contributed by atoms with Gasteiger partial charge in [-0.15, -0.1) is 0 Å². The summed E-state index contributed by atoms with van der Waals surface area (Å²) in [5, 5.41) is 11.6. The molecule has 2 fully saturated rings. The number of hydrogen-bond donors (Lipinski definition) is 2. The lowest BCUT2D eigenvalue weighted by atomic mass is 10.2. The fraction of sp³-hybridized carbons (Fsp3) is 0.846. The van der Waals surface area contributed by atoms with Crippen LogP contribution in [0.15, 0.2) is 0 Å². The van der Waals surface area contributed by atoms with Gasteiger partial charge in [-0.05, 0) is 25.7 Å². The van der Waals surface area contributed by atoms with E-state index < -0.39 is 5.97 Å². The number of carboxylic acids is 1. The topological polar surface area (TPSA) is 72.9 Å². The first-order valence-electron chi connectivity index (χ1n) is 7.03. The second kappa shape index (κ2) is 6.23. The maximum absolute atomic E-state index is 11.9. The van der Waals surface area contributed by atoms with E-state index >= 15 is 0 Å². The molecule has 0 spiro atoms. The maximum atomic E-state index is 11.9. The normalized spacial score (nSPS) is 23.3. The Labute approximate surface area is 113 Å². The summed E-state index contributed by atoms with van der Waals surface area (Å²) in [4.78, 5) is 26.4. The van der Waals surface area contributed by atoms with Crippen LogP contribution in [-0.4, -0.2) is 65.7 Å². The van der Waals surface area contributed by atoms with Crippen LogP contribution in [0.3, 0.4) is 0 Å². The molecule has 108 valence electrons. The zero-order valence-corrected chi connectivity index (χ0v) is 11.5. The van der Waals surface area contributed by atoms with Gasteiger partial charge in [-0.2, -0.15) is 0 Å². The second-order valence-electron chi connectivity index (χ2n) is 5.58. The number of amides is 2. The van der Waals surface area contributed by atoms with E-state index in [2.05, 4.69) is 10.2 Å². The van der Waals surface area contributed by atoms with Crippen LogP contribution in [-0.2, 0) is 4.79 Å². The van der Waals surface area contributed by atoms with Crippen molar-refractivity contribution in [2.24, 2.45) is 0 Å². The molecule has 1 saturated heterocycles. The minimum atomic E-state index is -0.815. The molecule has 0 aromatic rings. The van der Waals surface area contributed by atoms with Crippen molar-refractivity contribution in [2.75, 3.05) is 26.7 Å². The van der Waals surface area contributed by atoms with Crippen molar-refractivity contribution in [1.29, 1.82) is 0 Å². The molecule has 1 heterocycles. The van der Waals surface area contributed by atoms with Gasteiger partial charge < -0.3 is 15.3 Å². The highest BCUT2D eigenvalue weighted by atomic mass is 16.4. The number of urea groups is 1. The Hall–Kier alpha value is -1.30. The van der Waals surface area contributed by atoms with Crippen LogP contribution in [0.5, 0.6) is 0 Å². The molecule has 1 saturated carbocycles. The van der Waals surface area contributed by atoms with Crippen molar-refractivity contribution in [1.82, 2.24) is 15.1 Å². The minimum Gasteiger partial charge on any atom is -0.481 e. The Morgan fingerprint density at radius 3 is 2.74 bits per heavy atom. The lowest BCUT2D eigenvalue weighted by Crippen LogP contribution is -2.44. The molecule has 6 nitrogen and oxygen atoms in total. The maximum Gasteiger partial charge on any atom is 0.317 e. The summed E-state index contributed by atoms with van der Waals surface area (Å²) in [6, 6.07) is 0.915. The predicted octanol–water partition coefficient (Wildman–Crippen LogP) is 0.729. The third-order valence-corrected chi connectivity index (χ3v) is 3.84. The summed E-state index contributed by atoms with van der Waals surface area (Å²) in [5.41, 5.74) is 0. The van der Waals surface area contributed by atoms with Crippen LogP contribution in [0.25, 0.3) is 0 Å². The van der Waals surface area contributed by atoms with E-state index in [4.69, 9.17) is 5.11 Å². The van der Waals surface area contributed by atoms with Crippen molar-refractivity contribution in [3.63, 3.8) is 0 Å². The van der Waals surface area contributed by atoms with Crippen LogP contribution in [0.1, 0.15) is 32.1 Å². The lowest BCUT2D eigenvalue weighted by molar-refractivity contribution is -0.137. The number of carbonyl (C=O) groups excluding carboxylic acids is 1. The molecule has 2 N–H and O–H groups in total. The summed E-state index contributed by atoms with van der Waals surface area (Å²) in [7, 11) is 1.71. The quantitative estimate of drug-likeness (QED) is 0.745. The Balaban J connectivity index is 1.64. The van der Waals surface area contributed by atoms with Gasteiger partial charge in [0.1, 0.15) is 0 Å². The minimum absolute atomic E-state index is 0.0898. The van der Waals surface area contributed by atoms with E-state index in [-0.39, 0.29) is 18.5 Å². The molecular formula is C13H23N3O3.